The molecule has 0 spiro atoms. The van der Waals surface area contributed by atoms with Gasteiger partial charge in [0, 0.05) is 48.9 Å². The first kappa shape index (κ1) is 32.6. The van der Waals surface area contributed by atoms with Crippen LogP contribution in [0.1, 0.15) is 47.9 Å². The summed E-state index contributed by atoms with van der Waals surface area (Å²) in [6, 6.07) is 3.51. The van der Waals surface area contributed by atoms with Crippen LogP contribution >= 0.6 is 11.6 Å². The number of benzene rings is 2. The van der Waals surface area contributed by atoms with Gasteiger partial charge in [-0.25, -0.2) is 4.39 Å². The number of aliphatic hydroxyl groups is 1. The van der Waals surface area contributed by atoms with Gasteiger partial charge in [0.25, 0.3) is 5.91 Å². The number of piperazine rings is 1. The number of carbonyl (C=O) groups is 2. The molecule has 240 valence electrons. The number of amides is 2. The van der Waals surface area contributed by atoms with Gasteiger partial charge in [-0.2, -0.15) is 0 Å². The molecule has 1 saturated heterocycles. The van der Waals surface area contributed by atoms with E-state index >= 15 is 4.39 Å². The average molecular weight is 647 g/mol. The molecular weight excluding hydrogens is 611 g/mol. The summed E-state index contributed by atoms with van der Waals surface area (Å²) in [4.78, 5) is 35.6. The third-order valence-electron chi connectivity index (χ3n) is 8.69. The number of pyridine rings is 1. The number of hydrogen-bond donors (Lipinski definition) is 5. The fourth-order valence-electron chi connectivity index (χ4n) is 6.41. The lowest BCUT2D eigenvalue weighted by molar-refractivity contribution is -0.133. The first-order valence-corrected chi connectivity index (χ1v) is 15.0. The van der Waals surface area contributed by atoms with Gasteiger partial charge in [0.05, 0.1) is 46.0 Å². The second-order valence-corrected chi connectivity index (χ2v) is 12.0. The third-order valence-corrected chi connectivity index (χ3v) is 9.06. The summed E-state index contributed by atoms with van der Waals surface area (Å²) in [6.07, 6.45) is 2.70. The Morgan fingerprint density at radius 1 is 1.22 bits per heavy atom. The summed E-state index contributed by atoms with van der Waals surface area (Å²) in [5.74, 6) is -1.83. The molecule has 3 unspecified atom stereocenters. The Morgan fingerprint density at radius 2 is 1.91 bits per heavy atom. The molecule has 2 amide bonds. The lowest BCUT2D eigenvalue weighted by atomic mass is 9.90. The summed E-state index contributed by atoms with van der Waals surface area (Å²) in [5.41, 5.74) is 8.53. The van der Waals surface area contributed by atoms with Crippen LogP contribution in [-0.2, 0) is 9.59 Å². The van der Waals surface area contributed by atoms with Gasteiger partial charge in [0.15, 0.2) is 5.82 Å². The molecule has 3 aromatic rings. The molecule has 1 aromatic heterocycles. The van der Waals surface area contributed by atoms with Crippen LogP contribution in [0.3, 0.4) is 0 Å². The lowest BCUT2D eigenvalue weighted by Gasteiger charge is -2.45. The molecule has 5 rings (SSSR count). The normalized spacial score (nSPS) is 18.5. The smallest absolute Gasteiger partial charge is 0.251 e. The van der Waals surface area contributed by atoms with Crippen molar-refractivity contribution in [3.05, 3.63) is 75.8 Å². The van der Waals surface area contributed by atoms with Gasteiger partial charge in [-0.05, 0) is 62.6 Å². The number of aliphatic hydroxyl groups excluding tert-OH is 1. The van der Waals surface area contributed by atoms with E-state index in [0.717, 1.165) is 6.21 Å². The van der Waals surface area contributed by atoms with E-state index in [9.17, 15) is 20.1 Å². The monoisotopic (exact) mass is 646 g/mol. The zero-order chi connectivity index (χ0) is 33.8. The number of hydrogen-bond acceptors (Lipinski definition) is 8. The highest BCUT2D eigenvalue weighted by atomic mass is 35.5. The van der Waals surface area contributed by atoms with Gasteiger partial charge in [-0.1, -0.05) is 24.2 Å². The van der Waals surface area contributed by atoms with E-state index < -0.39 is 29.9 Å². The second-order valence-electron chi connectivity index (χ2n) is 11.7. The average Bonchev–Trinajstić information content (AvgIpc) is 3.10. The number of aryl methyl sites for hydroxylation is 2. The molecule has 6 N–H and O–H groups in total. The Bertz CT molecular complexity index is 1830. The van der Waals surface area contributed by atoms with Crippen molar-refractivity contribution >= 4 is 58.2 Å². The Balaban J connectivity index is 1.89. The summed E-state index contributed by atoms with van der Waals surface area (Å²) in [5, 5.41) is 31.2. The van der Waals surface area contributed by atoms with Crippen molar-refractivity contribution in [2.24, 2.45) is 0 Å². The van der Waals surface area contributed by atoms with E-state index in [1.54, 1.807) is 43.9 Å². The number of amidine groups is 1. The van der Waals surface area contributed by atoms with Gasteiger partial charge < -0.3 is 36.3 Å². The zero-order valence-corrected chi connectivity index (χ0v) is 27.0. The molecule has 2 aliphatic heterocycles. The summed E-state index contributed by atoms with van der Waals surface area (Å²) in [6.45, 7) is 10.6. The quantitative estimate of drug-likeness (QED) is 0.144. The van der Waals surface area contributed by atoms with E-state index in [0.29, 0.717) is 16.8 Å². The summed E-state index contributed by atoms with van der Waals surface area (Å²) >= 11 is 7.12. The largest absolute Gasteiger partial charge is 0.398 e. The molecule has 1 fully saturated rings. The summed E-state index contributed by atoms with van der Waals surface area (Å²) < 4.78 is 17.4. The highest BCUT2D eigenvalue weighted by molar-refractivity contribution is 6.39. The zero-order valence-electron chi connectivity index (χ0n) is 26.2. The minimum Gasteiger partial charge on any atom is -0.398 e. The van der Waals surface area contributed by atoms with Crippen molar-refractivity contribution in [1.29, 1.82) is 10.8 Å². The van der Waals surface area contributed by atoms with E-state index in [2.05, 4.69) is 16.9 Å². The van der Waals surface area contributed by atoms with Crippen molar-refractivity contribution in [2.45, 2.75) is 45.9 Å². The van der Waals surface area contributed by atoms with Crippen LogP contribution < -0.4 is 16.0 Å². The van der Waals surface area contributed by atoms with Crippen molar-refractivity contribution < 1.29 is 19.1 Å². The third kappa shape index (κ3) is 5.07. The van der Waals surface area contributed by atoms with Gasteiger partial charge in [-0.15, -0.1) is 0 Å². The fraction of sp³-hybridized carbons (Fsp3) is 0.303. The number of fused-ring (bicyclic) bond motifs is 2. The van der Waals surface area contributed by atoms with Crippen LogP contribution in [0.15, 0.2) is 37.1 Å². The molecule has 13 heteroatoms. The molecule has 2 aromatic carbocycles. The van der Waals surface area contributed by atoms with Crippen LogP contribution in [-0.4, -0.2) is 76.0 Å². The molecular formula is C33H36ClFN8O3. The number of nitrogens with zero attached hydrogens (tertiary/aromatic N) is 4. The molecule has 11 nitrogen and oxygen atoms in total. The minimum atomic E-state index is -1.03. The Kier molecular flexibility index (Phi) is 8.63. The molecule has 0 aliphatic carbocycles. The van der Waals surface area contributed by atoms with Gasteiger partial charge in [0.1, 0.15) is 11.9 Å². The molecule has 0 radical (unpaired) electrons. The first-order valence-electron chi connectivity index (χ1n) is 14.7. The van der Waals surface area contributed by atoms with Gasteiger partial charge >= 0.3 is 0 Å². The Labute approximate surface area is 271 Å². The number of nitrogens with two attached hydrogens (primary N) is 1. The minimum absolute atomic E-state index is 0.0118. The van der Waals surface area contributed by atoms with Gasteiger partial charge in [0.2, 0.25) is 5.91 Å². The molecule has 0 bridgehead atoms. The number of likely N-dealkylation sites (N-methyl/N-ethyl adjacent to an activating group) is 1. The highest BCUT2D eigenvalue weighted by Crippen LogP contribution is 2.50. The molecule has 0 saturated carbocycles. The number of halogens is 2. The highest BCUT2D eigenvalue weighted by Gasteiger charge is 2.46. The Morgan fingerprint density at radius 3 is 2.54 bits per heavy atom. The standard InChI is InChI=1S/C33H36ClFN8O3/c1-7-22(45)42-13-17(4)43-21(14-42)33(46)41(6)31-25(32(43)38)30(40-28-16(3)10-11-39-29(28)18(5)44)27(35)24(26(31)34)23-15(2)8-9-20(37)19(23)12-36/h7-12,17-18,21,36,38,40,44H,1,13-14,37H2,2-6H3. The SMILES string of the molecule is C=CC(=O)N1CC(C)N2C(=N)c3c(Nc4c(C)ccnc4C(C)O)c(F)c(-c4c(C)ccc(N)c4C=N)c(Cl)c3N(C)C(=O)C2C1. The predicted molar refractivity (Wildman–Crippen MR) is 179 cm³/mol. The van der Waals surface area contributed by atoms with Crippen LogP contribution in [0.4, 0.5) is 27.1 Å². The van der Waals surface area contributed by atoms with E-state index in [4.69, 9.17) is 22.7 Å². The number of aromatic nitrogens is 1. The van der Waals surface area contributed by atoms with Crippen LogP contribution in [0.25, 0.3) is 11.1 Å². The number of nitrogen functional groups attached to an aromatic ring is 1. The van der Waals surface area contributed by atoms with Crippen molar-refractivity contribution in [3.8, 4) is 11.1 Å². The van der Waals surface area contributed by atoms with Crippen LogP contribution in [0.5, 0.6) is 0 Å². The first-order chi connectivity index (χ1) is 21.7. The van der Waals surface area contributed by atoms with Crippen molar-refractivity contribution in [2.75, 3.05) is 36.1 Å². The Hall–Kier alpha value is -4.81. The molecule has 3 heterocycles. The van der Waals surface area contributed by atoms with E-state index in [-0.39, 0.29) is 74.9 Å². The molecule has 2 aliphatic rings. The number of rotatable bonds is 6. The van der Waals surface area contributed by atoms with E-state index in [1.165, 1.54) is 36.0 Å². The molecule has 46 heavy (non-hydrogen) atoms. The lowest BCUT2D eigenvalue weighted by Crippen LogP contribution is -2.63. The van der Waals surface area contributed by atoms with Gasteiger partial charge in [-0.3, -0.25) is 20.0 Å². The molecule has 3 atom stereocenters. The van der Waals surface area contributed by atoms with E-state index in [1.807, 2.05) is 0 Å². The topological polar surface area (TPSA) is 163 Å². The van der Waals surface area contributed by atoms with Crippen molar-refractivity contribution in [3.63, 3.8) is 0 Å². The summed E-state index contributed by atoms with van der Waals surface area (Å²) in [7, 11) is 1.49. The maximum Gasteiger partial charge on any atom is 0.251 e. The number of nitrogens with one attached hydrogen (secondary N) is 3. The second kappa shape index (κ2) is 12.2. The number of anilines is 4. The van der Waals surface area contributed by atoms with Crippen LogP contribution in [0, 0.1) is 30.5 Å². The predicted octanol–water partition coefficient (Wildman–Crippen LogP) is 4.92. The van der Waals surface area contributed by atoms with Crippen LogP contribution in [0.2, 0.25) is 5.02 Å². The maximum absolute atomic E-state index is 17.4. The number of carbonyl (C=O) groups excluding carboxylic acids is 2. The van der Waals surface area contributed by atoms with Crippen molar-refractivity contribution in [1.82, 2.24) is 14.8 Å². The fourth-order valence-corrected chi connectivity index (χ4v) is 6.80. The maximum atomic E-state index is 17.4.